The second kappa shape index (κ2) is 15.2. The number of amides is 3. The van der Waals surface area contributed by atoms with E-state index in [-0.39, 0.29) is 29.1 Å². The molecule has 0 aliphatic rings. The summed E-state index contributed by atoms with van der Waals surface area (Å²) in [6.07, 6.45) is 1.61. The molecule has 0 heterocycles. The number of likely N-dealkylation sites (N-methyl/N-ethyl adjacent to an activating group) is 2. The van der Waals surface area contributed by atoms with E-state index >= 15 is 0 Å². The normalized spacial score (nSPS) is 14.8. The van der Waals surface area contributed by atoms with Gasteiger partial charge in [-0.2, -0.15) is 0 Å². The Labute approximate surface area is 270 Å². The Morgan fingerprint density at radius 1 is 0.911 bits per heavy atom. The third-order valence-corrected chi connectivity index (χ3v) is 9.49. The molecule has 0 fully saturated rings. The van der Waals surface area contributed by atoms with Crippen LogP contribution >= 0.6 is 0 Å². The summed E-state index contributed by atoms with van der Waals surface area (Å²) in [7, 11) is -0.595. The van der Waals surface area contributed by atoms with Crippen LogP contribution in [-0.2, 0) is 35.6 Å². The number of rotatable bonds is 13. The second-order valence-corrected chi connectivity index (χ2v) is 15.5. The monoisotopic (exact) mass is 640 g/mol. The van der Waals surface area contributed by atoms with E-state index in [1.807, 2.05) is 97.9 Å². The Morgan fingerprint density at radius 3 is 1.98 bits per heavy atom. The van der Waals surface area contributed by atoms with Crippen LogP contribution in [0.1, 0.15) is 72.1 Å². The molecule has 0 radical (unpaired) electrons. The van der Waals surface area contributed by atoms with Gasteiger partial charge in [-0.3, -0.25) is 14.4 Å². The third-order valence-electron chi connectivity index (χ3n) is 8.30. The third kappa shape index (κ3) is 9.99. The van der Waals surface area contributed by atoms with Gasteiger partial charge in [0.1, 0.15) is 6.04 Å². The van der Waals surface area contributed by atoms with Crippen molar-refractivity contribution in [3.8, 4) is 0 Å². The first-order chi connectivity index (χ1) is 20.7. The number of carbonyl (C=O) groups excluding carboxylic acids is 3. The zero-order valence-electron chi connectivity index (χ0n) is 28.7. The van der Waals surface area contributed by atoms with Crippen LogP contribution in [0.4, 0.5) is 0 Å². The predicted octanol–water partition coefficient (Wildman–Crippen LogP) is 4.47. The largest absolute Gasteiger partial charge is 0.342 e. The lowest BCUT2D eigenvalue weighted by molar-refractivity contribution is -0.140. The van der Waals surface area contributed by atoms with Crippen molar-refractivity contribution in [2.24, 2.45) is 11.3 Å². The fourth-order valence-electron chi connectivity index (χ4n) is 5.40. The van der Waals surface area contributed by atoms with E-state index in [0.717, 1.165) is 11.1 Å². The predicted molar refractivity (Wildman–Crippen MR) is 181 cm³/mol. The molecule has 3 atom stereocenters. The average Bonchev–Trinajstić information content (AvgIpc) is 2.94. The Balaban J connectivity index is 2.30. The molecule has 9 nitrogen and oxygen atoms in total. The number of benzene rings is 2. The van der Waals surface area contributed by atoms with Crippen molar-refractivity contribution in [2.75, 3.05) is 14.1 Å². The summed E-state index contributed by atoms with van der Waals surface area (Å²) in [5.41, 5.74) is 1.34. The van der Waals surface area contributed by atoms with Crippen LogP contribution in [-0.4, -0.2) is 63.3 Å². The molecule has 0 bridgehead atoms. The van der Waals surface area contributed by atoms with Crippen molar-refractivity contribution in [3.05, 3.63) is 82.9 Å². The lowest BCUT2D eigenvalue weighted by atomic mass is 9.76. The summed E-state index contributed by atoms with van der Waals surface area (Å²) in [5.74, 6) is -1.83. The minimum atomic E-state index is -3.96. The van der Waals surface area contributed by atoms with Crippen LogP contribution in [0, 0.1) is 18.3 Å². The molecule has 3 amide bonds. The zero-order chi connectivity index (χ0) is 34.3. The van der Waals surface area contributed by atoms with Crippen molar-refractivity contribution < 1.29 is 22.8 Å². The number of aryl methyl sites for hydroxylation is 1. The van der Waals surface area contributed by atoms with Gasteiger partial charge >= 0.3 is 0 Å². The molecular formula is C35H52N4O5S. The highest BCUT2D eigenvalue weighted by atomic mass is 32.2. The van der Waals surface area contributed by atoms with Crippen molar-refractivity contribution in [2.45, 2.75) is 91.6 Å². The van der Waals surface area contributed by atoms with Gasteiger partial charge in [-0.15, -0.1) is 0 Å². The molecule has 10 heteroatoms. The van der Waals surface area contributed by atoms with Crippen molar-refractivity contribution in [1.29, 1.82) is 0 Å². The van der Waals surface area contributed by atoms with Crippen LogP contribution in [0.3, 0.4) is 0 Å². The van der Waals surface area contributed by atoms with Crippen LogP contribution in [0.2, 0.25) is 0 Å². The number of hydrogen-bond acceptors (Lipinski definition) is 6. The van der Waals surface area contributed by atoms with Crippen molar-refractivity contribution >= 4 is 27.7 Å². The summed E-state index contributed by atoms with van der Waals surface area (Å²) in [6.45, 7) is 16.8. The quantitative estimate of drug-likeness (QED) is 0.278. The second-order valence-electron chi connectivity index (χ2n) is 13.8. The summed E-state index contributed by atoms with van der Waals surface area (Å²) >= 11 is 0. The fraction of sp³-hybridized carbons (Fsp3) is 0.514. The number of nitrogens with zero attached hydrogens (tertiary/aromatic N) is 1. The zero-order valence-corrected chi connectivity index (χ0v) is 29.5. The van der Waals surface area contributed by atoms with Crippen LogP contribution < -0.4 is 15.4 Å². The SMILES string of the molecule is CN[C@H](C(=O)N[C@H](C(=O)N(C)[C@H](C=C(C)C(=O)NS(=O)(=O)Cc1ccccc1C)C(C)C)C(C)(C)C)C(C)(C)c1ccccc1. The highest BCUT2D eigenvalue weighted by Crippen LogP contribution is 2.29. The molecule has 0 saturated carbocycles. The van der Waals surface area contributed by atoms with E-state index in [1.54, 1.807) is 32.3 Å². The maximum absolute atomic E-state index is 14.1. The van der Waals surface area contributed by atoms with Gasteiger partial charge in [-0.1, -0.05) is 109 Å². The lowest BCUT2D eigenvalue weighted by Crippen LogP contribution is -2.61. The smallest absolute Gasteiger partial charge is 0.260 e. The summed E-state index contributed by atoms with van der Waals surface area (Å²) < 4.78 is 27.8. The number of carbonyl (C=O) groups is 3. The molecule has 0 saturated heterocycles. The molecule has 2 rings (SSSR count). The summed E-state index contributed by atoms with van der Waals surface area (Å²) in [6, 6.07) is 14.8. The van der Waals surface area contributed by atoms with Gasteiger partial charge in [0.25, 0.3) is 5.91 Å². The molecule has 0 aromatic heterocycles. The molecule has 0 aliphatic carbocycles. The first-order valence-electron chi connectivity index (χ1n) is 15.3. The van der Waals surface area contributed by atoms with Gasteiger partial charge in [-0.05, 0) is 48.9 Å². The highest BCUT2D eigenvalue weighted by molar-refractivity contribution is 7.89. The molecular weight excluding hydrogens is 588 g/mol. The first-order valence-corrected chi connectivity index (χ1v) is 17.0. The number of hydrogen-bond donors (Lipinski definition) is 3. The van der Waals surface area contributed by atoms with Gasteiger partial charge in [0.15, 0.2) is 0 Å². The maximum Gasteiger partial charge on any atom is 0.260 e. The molecule has 248 valence electrons. The molecule has 3 N–H and O–H groups in total. The maximum atomic E-state index is 14.1. The molecule has 0 spiro atoms. The van der Waals surface area contributed by atoms with Gasteiger partial charge in [0.2, 0.25) is 21.8 Å². The molecule has 2 aromatic rings. The topological polar surface area (TPSA) is 125 Å². The van der Waals surface area contributed by atoms with E-state index in [4.69, 9.17) is 0 Å². The number of sulfonamides is 1. The van der Waals surface area contributed by atoms with Gasteiger partial charge < -0.3 is 15.5 Å². The van der Waals surface area contributed by atoms with E-state index in [1.165, 1.54) is 11.8 Å². The molecule has 45 heavy (non-hydrogen) atoms. The van der Waals surface area contributed by atoms with E-state index in [2.05, 4.69) is 15.4 Å². The number of nitrogens with one attached hydrogen (secondary N) is 3. The minimum absolute atomic E-state index is 0.122. The average molecular weight is 641 g/mol. The van der Waals surface area contributed by atoms with Gasteiger partial charge in [0, 0.05) is 18.0 Å². The van der Waals surface area contributed by atoms with Gasteiger partial charge in [0.05, 0.1) is 17.8 Å². The fourth-order valence-corrected chi connectivity index (χ4v) is 6.65. The van der Waals surface area contributed by atoms with Crippen LogP contribution in [0.5, 0.6) is 0 Å². The van der Waals surface area contributed by atoms with E-state index in [0.29, 0.717) is 5.56 Å². The van der Waals surface area contributed by atoms with Crippen molar-refractivity contribution in [1.82, 2.24) is 20.3 Å². The highest BCUT2D eigenvalue weighted by Gasteiger charge is 2.41. The van der Waals surface area contributed by atoms with Crippen LogP contribution in [0.15, 0.2) is 66.2 Å². The summed E-state index contributed by atoms with van der Waals surface area (Å²) in [5, 5.41) is 6.16. The summed E-state index contributed by atoms with van der Waals surface area (Å²) in [4.78, 5) is 42.4. The van der Waals surface area contributed by atoms with Gasteiger partial charge in [-0.25, -0.2) is 13.1 Å². The molecule has 2 aromatic carbocycles. The molecule has 0 unspecified atom stereocenters. The van der Waals surface area contributed by atoms with Crippen molar-refractivity contribution in [3.63, 3.8) is 0 Å². The Kier molecular flexibility index (Phi) is 12.7. The first kappa shape index (κ1) is 37.7. The Morgan fingerprint density at radius 2 is 1.47 bits per heavy atom. The minimum Gasteiger partial charge on any atom is -0.342 e. The standard InChI is InChI=1S/C35H52N4O5S/c1-23(2)28(21-25(4)31(40)38-45(43,44)22-26-18-16-15-17-24(26)3)39(11)33(42)30(34(5,6)7)37-32(41)29(36-10)35(8,9)27-19-13-12-14-20-27/h12-21,23,28-30,36H,22H2,1-11H3,(H,37,41)(H,38,40)/t28-,29-,30-/m1/s1. The van der Waals surface area contributed by atoms with E-state index < -0.39 is 44.9 Å². The van der Waals surface area contributed by atoms with Crippen LogP contribution in [0.25, 0.3) is 0 Å². The Hall–Kier alpha value is -3.50. The molecule has 0 aliphatic heterocycles. The lowest BCUT2D eigenvalue weighted by Gasteiger charge is -2.40. The van der Waals surface area contributed by atoms with E-state index in [9.17, 15) is 22.8 Å². The Bertz CT molecular complexity index is 1480.